The summed E-state index contributed by atoms with van der Waals surface area (Å²) in [5.74, 6) is 0.178. The normalized spacial score (nSPS) is 9.56. The third-order valence-electron chi connectivity index (χ3n) is 2.44. The molecule has 0 amide bonds. The number of ether oxygens (including phenoxy) is 1. The van der Waals surface area contributed by atoms with Gasteiger partial charge in [-0.3, -0.25) is 4.79 Å². The van der Waals surface area contributed by atoms with Gasteiger partial charge in [0, 0.05) is 6.92 Å². The van der Waals surface area contributed by atoms with E-state index in [1.54, 1.807) is 18.2 Å². The smallest absolute Gasteiger partial charge is 0.308 e. The third kappa shape index (κ3) is 2.74. The molecule has 18 heavy (non-hydrogen) atoms. The summed E-state index contributed by atoms with van der Waals surface area (Å²) >= 11 is 0. The predicted molar refractivity (Wildman–Crippen MR) is 67.9 cm³/mol. The molecule has 0 saturated carbocycles. The number of carbonyl (C=O) groups is 1. The first kappa shape index (κ1) is 11.9. The van der Waals surface area contributed by atoms with E-state index >= 15 is 0 Å². The van der Waals surface area contributed by atoms with E-state index in [0.29, 0.717) is 11.3 Å². The first-order valence-electron chi connectivity index (χ1n) is 5.48. The van der Waals surface area contributed by atoms with Crippen LogP contribution in [-0.4, -0.2) is 5.97 Å². The van der Waals surface area contributed by atoms with Crippen LogP contribution < -0.4 is 4.74 Å². The highest BCUT2D eigenvalue weighted by Gasteiger charge is 2.01. The summed E-state index contributed by atoms with van der Waals surface area (Å²) in [6.45, 7) is 1.37. The van der Waals surface area contributed by atoms with E-state index in [1.165, 1.54) is 6.92 Å². The highest BCUT2D eigenvalue weighted by molar-refractivity contribution is 5.70. The summed E-state index contributed by atoms with van der Waals surface area (Å²) in [5.41, 5.74) is 2.56. The lowest BCUT2D eigenvalue weighted by atomic mass is 10.0. The van der Waals surface area contributed by atoms with Crippen LogP contribution in [0.4, 0.5) is 0 Å². The number of rotatable bonds is 2. The van der Waals surface area contributed by atoms with Crippen LogP contribution in [0, 0.1) is 11.3 Å². The van der Waals surface area contributed by atoms with E-state index < -0.39 is 0 Å². The maximum absolute atomic E-state index is 10.8. The van der Waals surface area contributed by atoms with E-state index in [2.05, 4.69) is 6.07 Å². The number of benzene rings is 2. The number of esters is 1. The molecule has 0 bridgehead atoms. The number of carbonyl (C=O) groups excluding carboxylic acids is 1. The van der Waals surface area contributed by atoms with Gasteiger partial charge >= 0.3 is 5.97 Å². The highest BCUT2D eigenvalue weighted by Crippen LogP contribution is 2.23. The molecule has 0 atom stereocenters. The molecule has 0 saturated heterocycles. The van der Waals surface area contributed by atoms with Crippen molar-refractivity contribution in [2.75, 3.05) is 0 Å². The Bertz CT molecular complexity index is 609. The Morgan fingerprint density at radius 1 is 1.11 bits per heavy atom. The maximum Gasteiger partial charge on any atom is 0.308 e. The van der Waals surface area contributed by atoms with E-state index in [4.69, 9.17) is 10.00 Å². The molecular formula is C15H11NO2. The van der Waals surface area contributed by atoms with Gasteiger partial charge in [0.1, 0.15) is 5.75 Å². The Labute approximate surface area is 105 Å². The predicted octanol–water partition coefficient (Wildman–Crippen LogP) is 3.15. The monoisotopic (exact) mass is 237 g/mol. The molecular weight excluding hydrogens is 226 g/mol. The van der Waals surface area contributed by atoms with Crippen molar-refractivity contribution in [2.45, 2.75) is 6.92 Å². The van der Waals surface area contributed by atoms with E-state index in [0.717, 1.165) is 11.1 Å². The van der Waals surface area contributed by atoms with E-state index in [-0.39, 0.29) is 5.97 Å². The van der Waals surface area contributed by atoms with E-state index in [1.807, 2.05) is 30.3 Å². The van der Waals surface area contributed by atoms with Crippen molar-refractivity contribution in [3.8, 4) is 22.9 Å². The molecule has 0 N–H and O–H groups in total. The van der Waals surface area contributed by atoms with Crippen LogP contribution >= 0.6 is 0 Å². The molecule has 0 spiro atoms. The molecule has 2 aromatic carbocycles. The van der Waals surface area contributed by atoms with Gasteiger partial charge in [0.25, 0.3) is 0 Å². The fourth-order valence-corrected chi connectivity index (χ4v) is 1.65. The third-order valence-corrected chi connectivity index (χ3v) is 2.44. The number of hydrogen-bond donors (Lipinski definition) is 0. The first-order chi connectivity index (χ1) is 8.69. The SMILES string of the molecule is CC(=O)Oc1ccc(-c2cccc(C#N)c2)cc1. The molecule has 2 aromatic rings. The van der Waals surface area contributed by atoms with Crippen molar-refractivity contribution in [3.63, 3.8) is 0 Å². The van der Waals surface area contributed by atoms with Crippen molar-refractivity contribution in [3.05, 3.63) is 54.1 Å². The molecule has 0 aliphatic rings. The molecule has 0 aliphatic carbocycles. The second-order valence-corrected chi connectivity index (χ2v) is 3.81. The fraction of sp³-hybridized carbons (Fsp3) is 0.0667. The standard InChI is InChI=1S/C15H11NO2/c1-11(17)18-15-7-5-13(6-8-15)14-4-2-3-12(9-14)10-16/h2-9H,1H3. The number of hydrogen-bond acceptors (Lipinski definition) is 3. The van der Waals surface area contributed by atoms with Gasteiger partial charge in [-0.1, -0.05) is 24.3 Å². The van der Waals surface area contributed by atoms with Crippen LogP contribution in [0.3, 0.4) is 0 Å². The molecule has 3 heteroatoms. The lowest BCUT2D eigenvalue weighted by molar-refractivity contribution is -0.131. The summed E-state index contributed by atoms with van der Waals surface area (Å²) in [4.78, 5) is 10.8. The number of nitriles is 1. The molecule has 0 fully saturated rings. The van der Waals surface area contributed by atoms with Crippen LogP contribution in [0.25, 0.3) is 11.1 Å². The van der Waals surface area contributed by atoms with Crippen molar-refractivity contribution >= 4 is 5.97 Å². The molecule has 88 valence electrons. The lowest BCUT2D eigenvalue weighted by Crippen LogP contribution is -2.00. The summed E-state index contributed by atoms with van der Waals surface area (Å²) in [6, 6.07) is 16.6. The maximum atomic E-state index is 10.8. The lowest BCUT2D eigenvalue weighted by Gasteiger charge is -2.04. The van der Waals surface area contributed by atoms with Gasteiger partial charge in [-0.2, -0.15) is 5.26 Å². The average Bonchev–Trinajstić information content (AvgIpc) is 2.39. The Hall–Kier alpha value is -2.60. The topological polar surface area (TPSA) is 50.1 Å². The minimum atomic E-state index is -0.339. The van der Waals surface area contributed by atoms with Crippen molar-refractivity contribution in [2.24, 2.45) is 0 Å². The minimum Gasteiger partial charge on any atom is -0.427 e. The summed E-state index contributed by atoms with van der Waals surface area (Å²) in [7, 11) is 0. The molecule has 0 unspecified atom stereocenters. The number of nitrogens with zero attached hydrogens (tertiary/aromatic N) is 1. The van der Waals surface area contributed by atoms with Gasteiger partial charge in [0.2, 0.25) is 0 Å². The Kier molecular flexibility index (Phi) is 3.40. The van der Waals surface area contributed by atoms with Gasteiger partial charge < -0.3 is 4.74 Å². The van der Waals surface area contributed by atoms with Gasteiger partial charge in [-0.05, 0) is 35.4 Å². The largest absolute Gasteiger partial charge is 0.427 e. The summed E-state index contributed by atoms with van der Waals surface area (Å²) in [6.07, 6.45) is 0. The van der Waals surface area contributed by atoms with Gasteiger partial charge in [0.15, 0.2) is 0 Å². The first-order valence-corrected chi connectivity index (χ1v) is 5.48. The van der Waals surface area contributed by atoms with E-state index in [9.17, 15) is 4.79 Å². The van der Waals surface area contributed by atoms with Crippen LogP contribution in [0.5, 0.6) is 5.75 Å². The molecule has 3 nitrogen and oxygen atoms in total. The van der Waals surface area contributed by atoms with Crippen LogP contribution in [-0.2, 0) is 4.79 Å². The molecule has 0 aliphatic heterocycles. The summed E-state index contributed by atoms with van der Waals surface area (Å²) < 4.78 is 4.96. The molecule has 2 rings (SSSR count). The quantitative estimate of drug-likeness (QED) is 0.595. The zero-order valence-electron chi connectivity index (χ0n) is 9.88. The second-order valence-electron chi connectivity index (χ2n) is 3.81. The van der Waals surface area contributed by atoms with Crippen LogP contribution in [0.1, 0.15) is 12.5 Å². The average molecular weight is 237 g/mol. The Morgan fingerprint density at radius 2 is 1.83 bits per heavy atom. The zero-order chi connectivity index (χ0) is 13.0. The Morgan fingerprint density at radius 3 is 2.44 bits per heavy atom. The van der Waals surface area contributed by atoms with Crippen molar-refractivity contribution in [1.82, 2.24) is 0 Å². The molecule has 0 heterocycles. The molecule has 0 aromatic heterocycles. The zero-order valence-corrected chi connectivity index (χ0v) is 9.88. The van der Waals surface area contributed by atoms with Gasteiger partial charge in [-0.25, -0.2) is 0 Å². The second kappa shape index (κ2) is 5.15. The highest BCUT2D eigenvalue weighted by atomic mass is 16.5. The molecule has 0 radical (unpaired) electrons. The minimum absolute atomic E-state index is 0.339. The Balaban J connectivity index is 2.29. The van der Waals surface area contributed by atoms with Crippen LogP contribution in [0.2, 0.25) is 0 Å². The van der Waals surface area contributed by atoms with Crippen molar-refractivity contribution in [1.29, 1.82) is 5.26 Å². The van der Waals surface area contributed by atoms with Crippen molar-refractivity contribution < 1.29 is 9.53 Å². The van der Waals surface area contributed by atoms with Crippen LogP contribution in [0.15, 0.2) is 48.5 Å². The fourth-order valence-electron chi connectivity index (χ4n) is 1.65. The van der Waals surface area contributed by atoms with Gasteiger partial charge in [0.05, 0.1) is 11.6 Å². The summed E-state index contributed by atoms with van der Waals surface area (Å²) in [5, 5.41) is 8.84. The van der Waals surface area contributed by atoms with Gasteiger partial charge in [-0.15, -0.1) is 0 Å².